The Balaban J connectivity index is 1.75. The predicted octanol–water partition coefficient (Wildman–Crippen LogP) is 7.37. The predicted molar refractivity (Wildman–Crippen MR) is 148 cm³/mol. The number of aromatic nitrogens is 1. The fourth-order valence-corrected chi connectivity index (χ4v) is 5.26. The number of nitriles is 1. The molecular weight excluding hydrogens is 490 g/mol. The van der Waals surface area contributed by atoms with E-state index in [-0.39, 0.29) is 17.3 Å². The van der Waals surface area contributed by atoms with Crippen LogP contribution >= 0.6 is 22.9 Å². The summed E-state index contributed by atoms with van der Waals surface area (Å²) in [5.41, 5.74) is 11.3. The van der Waals surface area contributed by atoms with E-state index in [1.165, 1.54) is 11.3 Å². The van der Waals surface area contributed by atoms with Crippen LogP contribution in [-0.4, -0.2) is 10.9 Å². The van der Waals surface area contributed by atoms with Crippen molar-refractivity contribution in [1.82, 2.24) is 4.98 Å². The quantitative estimate of drug-likeness (QED) is 0.229. The number of nitrogen functional groups attached to an aromatic ring is 1. The fourth-order valence-electron chi connectivity index (χ4n) is 3.90. The van der Waals surface area contributed by atoms with E-state index in [1.54, 1.807) is 12.1 Å². The SMILES string of the molecule is Cc1ccc(Nc2sc3c(-c4ccc(Cl)cc4)c(C#N)c(N)nc3c2C(=O)Nc2ccccc2)cc1. The molecule has 0 aliphatic carbocycles. The number of carbonyl (C=O) groups is 1. The van der Waals surface area contributed by atoms with Crippen LogP contribution in [0, 0.1) is 18.3 Å². The highest BCUT2D eigenvalue weighted by Gasteiger charge is 2.26. The van der Waals surface area contributed by atoms with E-state index in [0.717, 1.165) is 16.8 Å². The number of amides is 1. The first-order valence-corrected chi connectivity index (χ1v) is 12.3. The molecule has 0 spiro atoms. The van der Waals surface area contributed by atoms with Gasteiger partial charge in [0, 0.05) is 22.0 Å². The van der Waals surface area contributed by atoms with Gasteiger partial charge in [-0.05, 0) is 48.9 Å². The number of carbonyl (C=O) groups excluding carboxylic acids is 1. The van der Waals surface area contributed by atoms with Gasteiger partial charge in [-0.15, -0.1) is 11.3 Å². The van der Waals surface area contributed by atoms with Crippen molar-refractivity contribution in [3.8, 4) is 17.2 Å². The minimum absolute atomic E-state index is 0.0587. The Hall–Kier alpha value is -4.38. The summed E-state index contributed by atoms with van der Waals surface area (Å²) in [5, 5.41) is 17.4. The zero-order valence-corrected chi connectivity index (χ0v) is 20.7. The molecule has 8 heteroatoms. The maximum atomic E-state index is 13.6. The third-order valence-corrected chi connectivity index (χ3v) is 7.03. The lowest BCUT2D eigenvalue weighted by Gasteiger charge is -2.10. The largest absolute Gasteiger partial charge is 0.383 e. The summed E-state index contributed by atoms with van der Waals surface area (Å²) in [5.74, 6) is -0.274. The molecule has 0 saturated carbocycles. The number of benzene rings is 3. The molecule has 6 nitrogen and oxygen atoms in total. The molecule has 36 heavy (non-hydrogen) atoms. The maximum absolute atomic E-state index is 13.6. The topological polar surface area (TPSA) is 104 Å². The molecule has 0 bridgehead atoms. The minimum Gasteiger partial charge on any atom is -0.383 e. The first-order chi connectivity index (χ1) is 17.4. The van der Waals surface area contributed by atoms with Crippen LogP contribution in [-0.2, 0) is 0 Å². The molecule has 0 saturated heterocycles. The summed E-state index contributed by atoms with van der Waals surface area (Å²) in [6, 6.07) is 26.4. The molecule has 2 heterocycles. The lowest BCUT2D eigenvalue weighted by Crippen LogP contribution is -2.13. The van der Waals surface area contributed by atoms with Gasteiger partial charge in [0.2, 0.25) is 0 Å². The molecule has 0 fully saturated rings. The second kappa shape index (κ2) is 9.70. The number of halogens is 1. The van der Waals surface area contributed by atoms with Gasteiger partial charge in [0.05, 0.1) is 10.2 Å². The Morgan fingerprint density at radius 1 is 1.00 bits per heavy atom. The van der Waals surface area contributed by atoms with Gasteiger partial charge < -0.3 is 16.4 Å². The molecule has 176 valence electrons. The van der Waals surface area contributed by atoms with Gasteiger partial charge in [0.15, 0.2) is 0 Å². The number of para-hydroxylation sites is 1. The third-order valence-electron chi connectivity index (χ3n) is 5.66. The number of pyridine rings is 1. The number of thiophene rings is 1. The smallest absolute Gasteiger partial charge is 0.260 e. The molecule has 1 amide bonds. The number of nitrogens with zero attached hydrogens (tertiary/aromatic N) is 2. The second-order valence-electron chi connectivity index (χ2n) is 8.16. The van der Waals surface area contributed by atoms with Gasteiger partial charge in [0.1, 0.15) is 28.0 Å². The van der Waals surface area contributed by atoms with Crippen molar-refractivity contribution in [3.63, 3.8) is 0 Å². The Morgan fingerprint density at radius 2 is 1.69 bits per heavy atom. The Kier molecular flexibility index (Phi) is 6.30. The van der Waals surface area contributed by atoms with Crippen molar-refractivity contribution in [1.29, 1.82) is 5.26 Å². The van der Waals surface area contributed by atoms with Crippen molar-refractivity contribution in [2.24, 2.45) is 0 Å². The molecule has 5 rings (SSSR count). The lowest BCUT2D eigenvalue weighted by atomic mass is 10.00. The van der Waals surface area contributed by atoms with Crippen LogP contribution in [0.25, 0.3) is 21.3 Å². The van der Waals surface area contributed by atoms with Crippen molar-refractivity contribution in [2.75, 3.05) is 16.4 Å². The molecule has 0 radical (unpaired) electrons. The summed E-state index contributed by atoms with van der Waals surface area (Å²) >= 11 is 7.46. The van der Waals surface area contributed by atoms with Crippen LogP contribution in [0.5, 0.6) is 0 Å². The average Bonchev–Trinajstić information content (AvgIpc) is 3.23. The molecule has 0 aliphatic rings. The average molecular weight is 510 g/mol. The van der Waals surface area contributed by atoms with E-state index in [2.05, 4.69) is 21.7 Å². The number of nitrogens with two attached hydrogens (primary N) is 1. The van der Waals surface area contributed by atoms with Crippen LogP contribution in [0.15, 0.2) is 78.9 Å². The monoisotopic (exact) mass is 509 g/mol. The van der Waals surface area contributed by atoms with E-state index in [4.69, 9.17) is 17.3 Å². The first kappa shape index (κ1) is 23.4. The molecule has 2 aromatic heterocycles. The molecule has 0 unspecified atom stereocenters. The molecule has 0 aliphatic heterocycles. The molecule has 0 atom stereocenters. The zero-order valence-electron chi connectivity index (χ0n) is 19.2. The van der Waals surface area contributed by atoms with Crippen molar-refractivity contribution in [2.45, 2.75) is 6.92 Å². The van der Waals surface area contributed by atoms with Crippen LogP contribution < -0.4 is 16.4 Å². The Morgan fingerprint density at radius 3 is 2.36 bits per heavy atom. The van der Waals surface area contributed by atoms with Gasteiger partial charge in [0.25, 0.3) is 5.91 Å². The standard InChI is InChI=1S/C28H20ClN5OS/c1-16-7-13-20(14-8-16)33-28-23(27(35)32-19-5-3-2-4-6-19)24-25(36-28)22(21(15-30)26(31)34-24)17-9-11-18(29)12-10-17/h2-14,33H,1H3,(H2,31,34)(H,32,35). The summed E-state index contributed by atoms with van der Waals surface area (Å²) in [4.78, 5) is 18.1. The second-order valence-corrected chi connectivity index (χ2v) is 9.62. The van der Waals surface area contributed by atoms with Crippen LogP contribution in [0.4, 0.5) is 22.2 Å². The van der Waals surface area contributed by atoms with Crippen LogP contribution in [0.2, 0.25) is 5.02 Å². The van der Waals surface area contributed by atoms with Crippen molar-refractivity contribution >= 4 is 61.3 Å². The number of aryl methyl sites for hydroxylation is 1. The Bertz CT molecular complexity index is 1620. The van der Waals surface area contributed by atoms with E-state index in [9.17, 15) is 10.1 Å². The number of fused-ring (bicyclic) bond motifs is 1. The number of hydrogen-bond acceptors (Lipinski definition) is 6. The summed E-state index contributed by atoms with van der Waals surface area (Å²) in [7, 11) is 0. The van der Waals surface area contributed by atoms with Gasteiger partial charge >= 0.3 is 0 Å². The number of anilines is 4. The van der Waals surface area contributed by atoms with E-state index in [1.807, 2.05) is 73.7 Å². The van der Waals surface area contributed by atoms with E-state index in [0.29, 0.717) is 37.1 Å². The van der Waals surface area contributed by atoms with Crippen molar-refractivity contribution in [3.05, 3.63) is 101 Å². The van der Waals surface area contributed by atoms with Crippen molar-refractivity contribution < 1.29 is 4.79 Å². The van der Waals surface area contributed by atoms with Crippen LogP contribution in [0.3, 0.4) is 0 Å². The lowest BCUT2D eigenvalue weighted by molar-refractivity contribution is 0.102. The molecular formula is C28H20ClN5OS. The normalized spacial score (nSPS) is 10.7. The summed E-state index contributed by atoms with van der Waals surface area (Å²) < 4.78 is 0.677. The summed E-state index contributed by atoms with van der Waals surface area (Å²) in [6.07, 6.45) is 0. The van der Waals surface area contributed by atoms with E-state index < -0.39 is 0 Å². The third kappa shape index (κ3) is 4.48. The molecule has 4 N–H and O–H groups in total. The first-order valence-electron chi connectivity index (χ1n) is 11.1. The maximum Gasteiger partial charge on any atom is 0.260 e. The van der Waals surface area contributed by atoms with Crippen LogP contribution in [0.1, 0.15) is 21.5 Å². The van der Waals surface area contributed by atoms with Gasteiger partial charge in [-0.25, -0.2) is 4.98 Å². The summed E-state index contributed by atoms with van der Waals surface area (Å²) in [6.45, 7) is 2.01. The van der Waals surface area contributed by atoms with Gasteiger partial charge in [-0.1, -0.05) is 59.6 Å². The number of hydrogen-bond donors (Lipinski definition) is 3. The molecule has 3 aromatic carbocycles. The fraction of sp³-hybridized carbons (Fsp3) is 0.0357. The zero-order chi connectivity index (χ0) is 25.2. The minimum atomic E-state index is -0.333. The van der Waals surface area contributed by atoms with Gasteiger partial charge in [-0.2, -0.15) is 5.26 Å². The van der Waals surface area contributed by atoms with Gasteiger partial charge in [-0.3, -0.25) is 4.79 Å². The highest BCUT2D eigenvalue weighted by Crippen LogP contribution is 2.44. The van der Waals surface area contributed by atoms with E-state index >= 15 is 0 Å². The number of nitrogens with one attached hydrogen (secondary N) is 2. The Labute approximate surface area is 217 Å². The highest BCUT2D eigenvalue weighted by atomic mass is 35.5. The number of rotatable bonds is 5. The molecule has 5 aromatic rings. The highest BCUT2D eigenvalue weighted by molar-refractivity contribution is 7.24.